The Morgan fingerprint density at radius 3 is 2.78 bits per heavy atom. The van der Waals surface area contributed by atoms with Crippen LogP contribution in [0.4, 0.5) is 5.69 Å². The summed E-state index contributed by atoms with van der Waals surface area (Å²) in [6, 6.07) is 7.33. The number of benzene rings is 1. The zero-order chi connectivity index (χ0) is 13.1. The number of hydrogen-bond acceptors (Lipinski definition) is 4. The standard InChI is InChI=1S/C12H13N3O3/c1-18-10-5-3-2-4-8(10)6-15-7-9(13)11(16)14-12(15)17/h2-5,7H,6,13H2,1H3,(H,14,16,17). The number of nitrogens with two attached hydrogens (primary N) is 1. The fourth-order valence-electron chi connectivity index (χ4n) is 1.66. The molecule has 0 saturated carbocycles. The number of nitrogen functional groups attached to an aromatic ring is 1. The van der Waals surface area contributed by atoms with Gasteiger partial charge in [0.2, 0.25) is 0 Å². The molecule has 2 rings (SSSR count). The van der Waals surface area contributed by atoms with Gasteiger partial charge in [0.05, 0.1) is 13.7 Å². The number of nitrogens with zero attached hydrogens (tertiary/aromatic N) is 1. The third kappa shape index (κ3) is 2.27. The Morgan fingerprint density at radius 2 is 2.06 bits per heavy atom. The molecule has 6 heteroatoms. The maximum absolute atomic E-state index is 11.6. The third-order valence-corrected chi connectivity index (χ3v) is 2.57. The molecule has 0 atom stereocenters. The molecule has 1 aromatic carbocycles. The summed E-state index contributed by atoms with van der Waals surface area (Å²) in [5.41, 5.74) is 5.24. The summed E-state index contributed by atoms with van der Waals surface area (Å²) in [6.07, 6.45) is 1.33. The largest absolute Gasteiger partial charge is 0.496 e. The molecule has 0 bridgehead atoms. The van der Waals surface area contributed by atoms with E-state index in [4.69, 9.17) is 10.5 Å². The van der Waals surface area contributed by atoms with Crippen molar-refractivity contribution < 1.29 is 4.74 Å². The average Bonchev–Trinajstić information content (AvgIpc) is 2.36. The van der Waals surface area contributed by atoms with Crippen LogP contribution < -0.4 is 21.7 Å². The number of rotatable bonds is 3. The topological polar surface area (TPSA) is 90.1 Å². The number of para-hydroxylation sites is 1. The molecule has 0 aliphatic carbocycles. The second kappa shape index (κ2) is 4.79. The molecule has 18 heavy (non-hydrogen) atoms. The minimum atomic E-state index is -0.573. The predicted molar refractivity (Wildman–Crippen MR) is 67.8 cm³/mol. The summed E-state index contributed by atoms with van der Waals surface area (Å²) in [6.45, 7) is 0.282. The van der Waals surface area contributed by atoms with Crippen LogP contribution in [-0.4, -0.2) is 16.7 Å². The van der Waals surface area contributed by atoms with Gasteiger partial charge in [0.15, 0.2) is 0 Å². The van der Waals surface area contributed by atoms with Gasteiger partial charge < -0.3 is 10.5 Å². The monoisotopic (exact) mass is 247 g/mol. The minimum Gasteiger partial charge on any atom is -0.496 e. The van der Waals surface area contributed by atoms with Crippen LogP contribution in [0, 0.1) is 0 Å². The predicted octanol–water partition coefficient (Wildman–Crippen LogP) is 0.176. The summed E-state index contributed by atoms with van der Waals surface area (Å²) < 4.78 is 6.52. The Bertz CT molecular complexity index is 673. The molecule has 6 nitrogen and oxygen atoms in total. The number of hydrogen-bond donors (Lipinski definition) is 2. The number of ether oxygens (including phenoxy) is 1. The zero-order valence-corrected chi connectivity index (χ0v) is 9.84. The van der Waals surface area contributed by atoms with Crippen LogP contribution in [-0.2, 0) is 6.54 Å². The maximum atomic E-state index is 11.6. The van der Waals surface area contributed by atoms with Crippen molar-refractivity contribution in [3.05, 3.63) is 56.9 Å². The normalized spacial score (nSPS) is 10.3. The van der Waals surface area contributed by atoms with E-state index in [1.54, 1.807) is 13.2 Å². The maximum Gasteiger partial charge on any atom is 0.328 e. The molecule has 0 amide bonds. The summed E-state index contributed by atoms with van der Waals surface area (Å²) in [7, 11) is 1.56. The van der Waals surface area contributed by atoms with Crippen molar-refractivity contribution in [2.24, 2.45) is 0 Å². The average molecular weight is 247 g/mol. The van der Waals surface area contributed by atoms with Crippen LogP contribution >= 0.6 is 0 Å². The Morgan fingerprint density at radius 1 is 1.33 bits per heavy atom. The van der Waals surface area contributed by atoms with Gasteiger partial charge >= 0.3 is 5.69 Å². The van der Waals surface area contributed by atoms with Crippen molar-refractivity contribution in [2.75, 3.05) is 12.8 Å². The molecule has 0 aliphatic heterocycles. The molecule has 94 valence electrons. The van der Waals surface area contributed by atoms with Crippen LogP contribution in [0.15, 0.2) is 40.1 Å². The van der Waals surface area contributed by atoms with Gasteiger partial charge in [-0.1, -0.05) is 18.2 Å². The van der Waals surface area contributed by atoms with Crippen molar-refractivity contribution >= 4 is 5.69 Å². The van der Waals surface area contributed by atoms with E-state index in [0.29, 0.717) is 5.75 Å². The van der Waals surface area contributed by atoms with Gasteiger partial charge in [0, 0.05) is 11.8 Å². The Balaban J connectivity index is 2.43. The fourth-order valence-corrected chi connectivity index (χ4v) is 1.66. The molecule has 1 heterocycles. The number of aromatic amines is 1. The van der Waals surface area contributed by atoms with E-state index in [9.17, 15) is 9.59 Å². The van der Waals surface area contributed by atoms with Crippen molar-refractivity contribution in [3.8, 4) is 5.75 Å². The molecule has 0 saturated heterocycles. The molecule has 3 N–H and O–H groups in total. The van der Waals surface area contributed by atoms with E-state index in [-0.39, 0.29) is 12.2 Å². The number of methoxy groups -OCH3 is 1. The van der Waals surface area contributed by atoms with E-state index in [2.05, 4.69) is 4.98 Å². The molecular formula is C12H13N3O3. The van der Waals surface area contributed by atoms with E-state index >= 15 is 0 Å². The highest BCUT2D eigenvalue weighted by molar-refractivity contribution is 5.35. The Kier molecular flexibility index (Phi) is 3.18. The van der Waals surface area contributed by atoms with Crippen molar-refractivity contribution in [2.45, 2.75) is 6.54 Å². The Hall–Kier alpha value is -2.50. The Labute approximate surface area is 103 Å². The van der Waals surface area contributed by atoms with Crippen LogP contribution in [0.1, 0.15) is 5.56 Å². The molecule has 0 unspecified atom stereocenters. The van der Waals surface area contributed by atoms with Gasteiger partial charge in [-0.2, -0.15) is 0 Å². The van der Waals surface area contributed by atoms with Crippen molar-refractivity contribution in [1.29, 1.82) is 0 Å². The lowest BCUT2D eigenvalue weighted by molar-refractivity contribution is 0.408. The lowest BCUT2D eigenvalue weighted by Gasteiger charge is -2.09. The molecule has 1 aromatic heterocycles. The smallest absolute Gasteiger partial charge is 0.328 e. The van der Waals surface area contributed by atoms with Gasteiger partial charge in [-0.15, -0.1) is 0 Å². The summed E-state index contributed by atoms with van der Waals surface area (Å²) in [4.78, 5) is 24.9. The van der Waals surface area contributed by atoms with E-state index in [1.165, 1.54) is 10.8 Å². The first-order valence-corrected chi connectivity index (χ1v) is 5.33. The summed E-state index contributed by atoms with van der Waals surface area (Å²) in [5.74, 6) is 0.675. The molecule has 0 fully saturated rings. The molecule has 2 aromatic rings. The second-order valence-corrected chi connectivity index (χ2v) is 3.78. The van der Waals surface area contributed by atoms with Crippen LogP contribution in [0.5, 0.6) is 5.75 Å². The lowest BCUT2D eigenvalue weighted by Crippen LogP contribution is -2.31. The highest BCUT2D eigenvalue weighted by atomic mass is 16.5. The first-order valence-electron chi connectivity index (χ1n) is 5.33. The van der Waals surface area contributed by atoms with Gasteiger partial charge in [0.25, 0.3) is 5.56 Å². The summed E-state index contributed by atoms with van der Waals surface area (Å²) in [5, 5.41) is 0. The van der Waals surface area contributed by atoms with E-state index in [0.717, 1.165) is 5.56 Å². The van der Waals surface area contributed by atoms with Crippen LogP contribution in [0.3, 0.4) is 0 Å². The lowest BCUT2D eigenvalue weighted by atomic mass is 10.2. The van der Waals surface area contributed by atoms with Crippen LogP contribution in [0.25, 0.3) is 0 Å². The minimum absolute atomic E-state index is 0.00416. The van der Waals surface area contributed by atoms with E-state index < -0.39 is 11.2 Å². The molecular weight excluding hydrogens is 234 g/mol. The van der Waals surface area contributed by atoms with E-state index in [1.807, 2.05) is 18.2 Å². The number of H-pyrrole nitrogens is 1. The summed E-state index contributed by atoms with van der Waals surface area (Å²) >= 11 is 0. The van der Waals surface area contributed by atoms with Gasteiger partial charge in [-0.3, -0.25) is 14.3 Å². The first kappa shape index (κ1) is 12.0. The zero-order valence-electron chi connectivity index (χ0n) is 9.84. The SMILES string of the molecule is COc1ccccc1Cn1cc(N)c(=O)[nH]c1=O. The third-order valence-electron chi connectivity index (χ3n) is 2.57. The quantitative estimate of drug-likeness (QED) is 0.809. The van der Waals surface area contributed by atoms with Gasteiger partial charge in [0.1, 0.15) is 11.4 Å². The van der Waals surface area contributed by atoms with Gasteiger partial charge in [-0.25, -0.2) is 4.79 Å². The van der Waals surface area contributed by atoms with Gasteiger partial charge in [-0.05, 0) is 6.07 Å². The van der Waals surface area contributed by atoms with Crippen molar-refractivity contribution in [1.82, 2.24) is 9.55 Å². The number of aromatic nitrogens is 2. The highest BCUT2D eigenvalue weighted by Gasteiger charge is 2.06. The second-order valence-electron chi connectivity index (χ2n) is 3.78. The number of nitrogens with one attached hydrogen (secondary N) is 1. The first-order chi connectivity index (χ1) is 8.61. The van der Waals surface area contributed by atoms with Crippen molar-refractivity contribution in [3.63, 3.8) is 0 Å². The fraction of sp³-hybridized carbons (Fsp3) is 0.167. The molecule has 0 aliphatic rings. The highest BCUT2D eigenvalue weighted by Crippen LogP contribution is 2.17. The molecule has 0 radical (unpaired) electrons. The van der Waals surface area contributed by atoms with Crippen LogP contribution in [0.2, 0.25) is 0 Å². The molecule has 0 spiro atoms. The number of anilines is 1.